The largest absolute Gasteiger partial charge is 0.342 e. The number of carbonyl (C=O) groups is 1. The zero-order valence-electron chi connectivity index (χ0n) is 14.5. The van der Waals surface area contributed by atoms with Gasteiger partial charge < -0.3 is 9.47 Å². The van der Waals surface area contributed by atoms with E-state index in [1.807, 2.05) is 6.20 Å². The van der Waals surface area contributed by atoms with E-state index < -0.39 is 0 Å². The molecule has 0 radical (unpaired) electrons. The van der Waals surface area contributed by atoms with Crippen molar-refractivity contribution in [2.75, 3.05) is 13.1 Å². The number of hydrogen-bond acceptors (Lipinski definition) is 2. The molecule has 0 saturated carbocycles. The predicted molar refractivity (Wildman–Crippen MR) is 94.5 cm³/mol. The number of halogens is 1. The second-order valence-electron chi connectivity index (χ2n) is 7.15. The van der Waals surface area contributed by atoms with E-state index in [4.69, 9.17) is 0 Å². The molecule has 0 aliphatic carbocycles. The topological polar surface area (TPSA) is 38.1 Å². The van der Waals surface area contributed by atoms with Crippen LogP contribution in [-0.2, 0) is 17.8 Å². The Morgan fingerprint density at radius 1 is 1.08 bits per heavy atom. The van der Waals surface area contributed by atoms with E-state index in [1.165, 1.54) is 25.0 Å². The molecule has 0 bridgehead atoms. The lowest BCUT2D eigenvalue weighted by Gasteiger charge is -2.30. The lowest BCUT2D eigenvalue weighted by molar-refractivity contribution is -0.136. The van der Waals surface area contributed by atoms with Gasteiger partial charge in [0.05, 0.1) is 17.8 Å². The number of fused-ring (bicyclic) bond motifs is 1. The average molecular weight is 341 g/mol. The molecule has 132 valence electrons. The summed E-state index contributed by atoms with van der Waals surface area (Å²) in [6, 6.07) is 6.50. The molecule has 2 aromatic rings. The molecular weight excluding hydrogens is 317 g/mol. The van der Waals surface area contributed by atoms with Crippen molar-refractivity contribution in [2.24, 2.45) is 5.92 Å². The number of amides is 1. The first-order chi connectivity index (χ1) is 12.2. The smallest absolute Gasteiger partial charge is 0.227 e. The summed E-state index contributed by atoms with van der Waals surface area (Å²) in [4.78, 5) is 19.6. The molecule has 2 aliphatic heterocycles. The number of benzene rings is 1. The number of carbonyl (C=O) groups excluding carboxylic acids is 1. The summed E-state index contributed by atoms with van der Waals surface area (Å²) >= 11 is 0. The Bertz CT molecular complexity index is 745. The highest BCUT2D eigenvalue weighted by molar-refractivity contribution is 5.79. The Labute approximate surface area is 147 Å². The predicted octanol–water partition coefficient (Wildman–Crippen LogP) is 3.65. The van der Waals surface area contributed by atoms with Crippen LogP contribution in [0.5, 0.6) is 0 Å². The van der Waals surface area contributed by atoms with Crippen LogP contribution in [0, 0.1) is 11.7 Å². The normalized spacial score (nSPS) is 20.8. The van der Waals surface area contributed by atoms with Gasteiger partial charge in [-0.2, -0.15) is 0 Å². The monoisotopic (exact) mass is 341 g/mol. The molecule has 2 aliphatic rings. The van der Waals surface area contributed by atoms with Crippen molar-refractivity contribution in [3.05, 3.63) is 42.1 Å². The summed E-state index contributed by atoms with van der Waals surface area (Å²) in [7, 11) is 0. The molecule has 1 atom stereocenters. The molecule has 0 N–H and O–H groups in total. The fraction of sp³-hybridized carbons (Fsp3) is 0.500. The van der Waals surface area contributed by atoms with Gasteiger partial charge in [-0.25, -0.2) is 9.37 Å². The van der Waals surface area contributed by atoms with E-state index in [1.54, 1.807) is 12.1 Å². The van der Waals surface area contributed by atoms with Gasteiger partial charge in [0.1, 0.15) is 11.6 Å². The third kappa shape index (κ3) is 3.32. The van der Waals surface area contributed by atoms with Gasteiger partial charge in [0.2, 0.25) is 5.91 Å². The van der Waals surface area contributed by atoms with Gasteiger partial charge in [-0.15, -0.1) is 0 Å². The average Bonchev–Trinajstić information content (AvgIpc) is 2.87. The van der Waals surface area contributed by atoms with Gasteiger partial charge in [0.25, 0.3) is 0 Å². The van der Waals surface area contributed by atoms with Gasteiger partial charge in [-0.05, 0) is 49.1 Å². The minimum absolute atomic E-state index is 0.0269. The summed E-state index contributed by atoms with van der Waals surface area (Å²) in [5.41, 5.74) is 1.92. The number of likely N-dealkylation sites (tertiary alicyclic amines) is 1. The van der Waals surface area contributed by atoms with Gasteiger partial charge in [-0.1, -0.05) is 12.8 Å². The maximum atomic E-state index is 13.2. The van der Waals surface area contributed by atoms with Crippen LogP contribution >= 0.6 is 0 Å². The van der Waals surface area contributed by atoms with E-state index in [9.17, 15) is 9.18 Å². The van der Waals surface area contributed by atoms with Crippen LogP contribution in [0.15, 0.2) is 30.5 Å². The van der Waals surface area contributed by atoms with Crippen molar-refractivity contribution >= 4 is 5.91 Å². The molecule has 0 spiro atoms. The number of nitrogens with zero attached hydrogens (tertiary/aromatic N) is 3. The first-order valence-electron chi connectivity index (χ1n) is 9.31. The Morgan fingerprint density at radius 3 is 2.52 bits per heavy atom. The van der Waals surface area contributed by atoms with Gasteiger partial charge in [0, 0.05) is 26.1 Å². The summed E-state index contributed by atoms with van der Waals surface area (Å²) in [5.74, 6) is 1.11. The minimum atomic E-state index is -0.239. The van der Waals surface area contributed by atoms with E-state index in [0.717, 1.165) is 55.9 Å². The van der Waals surface area contributed by atoms with Crippen LogP contribution in [0.1, 0.15) is 37.9 Å². The Kier molecular flexibility index (Phi) is 4.55. The standard InChI is InChI=1S/C20H24FN3O/c21-17-8-5-15(6-9-17)18-13-22-19-10-7-16(14-24(18)19)20(25)23-11-3-1-2-4-12-23/h5-6,8-9,13,16H,1-4,7,10-12,14H2. The highest BCUT2D eigenvalue weighted by Gasteiger charge is 2.30. The molecule has 25 heavy (non-hydrogen) atoms. The zero-order chi connectivity index (χ0) is 17.2. The molecule has 3 heterocycles. The molecule has 1 aromatic heterocycles. The molecule has 4 nitrogen and oxygen atoms in total. The number of aromatic nitrogens is 2. The van der Waals surface area contributed by atoms with Crippen molar-refractivity contribution in [1.29, 1.82) is 0 Å². The molecule has 5 heteroatoms. The first kappa shape index (κ1) is 16.3. The van der Waals surface area contributed by atoms with Crippen molar-refractivity contribution in [3.63, 3.8) is 0 Å². The van der Waals surface area contributed by atoms with Gasteiger partial charge in [0.15, 0.2) is 0 Å². The molecule has 1 fully saturated rings. The quantitative estimate of drug-likeness (QED) is 0.836. The highest BCUT2D eigenvalue weighted by Crippen LogP contribution is 2.29. The van der Waals surface area contributed by atoms with Crippen LogP contribution in [0.25, 0.3) is 11.3 Å². The van der Waals surface area contributed by atoms with E-state index in [0.29, 0.717) is 12.5 Å². The van der Waals surface area contributed by atoms with E-state index in [-0.39, 0.29) is 11.7 Å². The van der Waals surface area contributed by atoms with Crippen LogP contribution in [0.3, 0.4) is 0 Å². The summed E-state index contributed by atoms with van der Waals surface area (Å²) in [6.45, 7) is 2.48. The lowest BCUT2D eigenvalue weighted by atomic mass is 9.97. The minimum Gasteiger partial charge on any atom is -0.342 e. The molecular formula is C20H24FN3O. The Balaban J connectivity index is 1.55. The van der Waals surface area contributed by atoms with Crippen molar-refractivity contribution < 1.29 is 9.18 Å². The van der Waals surface area contributed by atoms with Crippen molar-refractivity contribution in [2.45, 2.75) is 45.1 Å². The molecule has 1 aromatic carbocycles. The SMILES string of the molecule is O=C(C1CCc2ncc(-c3ccc(F)cc3)n2C1)N1CCCCCC1. The number of aryl methyl sites for hydroxylation is 1. The maximum Gasteiger partial charge on any atom is 0.227 e. The Hall–Kier alpha value is -2.17. The summed E-state index contributed by atoms with van der Waals surface area (Å²) in [6.07, 6.45) is 8.25. The van der Waals surface area contributed by atoms with Crippen LogP contribution in [0.4, 0.5) is 4.39 Å². The third-order valence-electron chi connectivity index (χ3n) is 5.46. The second-order valence-corrected chi connectivity index (χ2v) is 7.15. The van der Waals surface area contributed by atoms with Gasteiger partial charge in [-0.3, -0.25) is 4.79 Å². The molecule has 1 saturated heterocycles. The Morgan fingerprint density at radius 2 is 1.80 bits per heavy atom. The maximum absolute atomic E-state index is 13.2. The van der Waals surface area contributed by atoms with Crippen LogP contribution < -0.4 is 0 Å². The molecule has 4 rings (SSSR count). The fourth-order valence-electron chi connectivity index (χ4n) is 4.03. The number of hydrogen-bond donors (Lipinski definition) is 0. The zero-order valence-corrected chi connectivity index (χ0v) is 14.5. The lowest BCUT2D eigenvalue weighted by Crippen LogP contribution is -2.40. The molecule has 1 unspecified atom stereocenters. The van der Waals surface area contributed by atoms with Crippen LogP contribution in [0.2, 0.25) is 0 Å². The highest BCUT2D eigenvalue weighted by atomic mass is 19.1. The molecule has 1 amide bonds. The van der Waals surface area contributed by atoms with Crippen molar-refractivity contribution in [1.82, 2.24) is 14.5 Å². The summed E-state index contributed by atoms with van der Waals surface area (Å²) in [5, 5.41) is 0. The van der Waals surface area contributed by atoms with Crippen molar-refractivity contribution in [3.8, 4) is 11.3 Å². The number of rotatable bonds is 2. The summed E-state index contributed by atoms with van der Waals surface area (Å²) < 4.78 is 15.4. The number of imidazole rings is 1. The third-order valence-corrected chi connectivity index (χ3v) is 5.46. The fourth-order valence-corrected chi connectivity index (χ4v) is 4.03. The van der Waals surface area contributed by atoms with Crippen LogP contribution in [-0.4, -0.2) is 33.4 Å². The first-order valence-corrected chi connectivity index (χ1v) is 9.31. The van der Waals surface area contributed by atoms with Gasteiger partial charge >= 0.3 is 0 Å². The van der Waals surface area contributed by atoms with E-state index in [2.05, 4.69) is 14.5 Å². The second kappa shape index (κ2) is 6.98. The van der Waals surface area contributed by atoms with E-state index >= 15 is 0 Å².